The first-order valence-corrected chi connectivity index (χ1v) is 13.8. The largest absolute Gasteiger partial charge is 0.465 e. The van der Waals surface area contributed by atoms with Crippen LogP contribution in [-0.2, 0) is 16.0 Å². The van der Waals surface area contributed by atoms with Crippen LogP contribution in [0.1, 0.15) is 54.6 Å². The van der Waals surface area contributed by atoms with E-state index in [1.54, 1.807) is 19.2 Å². The zero-order valence-electron chi connectivity index (χ0n) is 23.8. The minimum Gasteiger partial charge on any atom is -0.465 e. The number of H-pyrrole nitrogens is 1. The van der Waals surface area contributed by atoms with E-state index in [4.69, 9.17) is 14.6 Å². The molecule has 1 aliphatic heterocycles. The number of esters is 1. The number of tetrazole rings is 1. The van der Waals surface area contributed by atoms with E-state index in [2.05, 4.69) is 57.9 Å². The van der Waals surface area contributed by atoms with Gasteiger partial charge in [0.05, 0.1) is 25.5 Å². The Morgan fingerprint density at radius 1 is 0.976 bits per heavy atom. The Kier molecular flexibility index (Phi) is 8.64. The molecule has 41 heavy (non-hydrogen) atoms. The number of unbranched alkanes of at least 4 members (excludes halogenated alkanes) is 1. The third-order valence-corrected chi connectivity index (χ3v) is 7.24. The number of hydrogen-bond donors (Lipinski definition) is 1. The monoisotopic (exact) mass is 550 g/mol. The molecule has 1 aromatic heterocycles. The number of benzene rings is 3. The summed E-state index contributed by atoms with van der Waals surface area (Å²) >= 11 is 0. The Bertz CT molecular complexity index is 1550. The van der Waals surface area contributed by atoms with Crippen molar-refractivity contribution in [2.45, 2.75) is 45.7 Å². The number of aromatic nitrogens is 4. The summed E-state index contributed by atoms with van der Waals surface area (Å²) in [7, 11) is 3.08. The molecule has 5 rings (SSSR count). The second-order valence-corrected chi connectivity index (χ2v) is 9.87. The highest BCUT2D eigenvalue weighted by Gasteiger charge is 2.29. The van der Waals surface area contributed by atoms with Crippen LogP contribution in [0.25, 0.3) is 22.5 Å². The van der Waals surface area contributed by atoms with Gasteiger partial charge in [-0.2, -0.15) is 5.21 Å². The molecule has 4 aromatic rings. The van der Waals surface area contributed by atoms with Crippen molar-refractivity contribution in [1.82, 2.24) is 25.7 Å². The fourth-order valence-electron chi connectivity index (χ4n) is 5.22. The Morgan fingerprint density at radius 2 is 1.76 bits per heavy atom. The number of nitrogens with zero attached hydrogens (tertiary/aromatic N) is 5. The number of nitrogens with one attached hydrogen (secondary N) is 1. The summed E-state index contributed by atoms with van der Waals surface area (Å²) in [4.78, 5) is 23.0. The molecule has 9 heteroatoms. The van der Waals surface area contributed by atoms with Gasteiger partial charge in [0.2, 0.25) is 5.82 Å². The molecule has 0 amide bonds. The van der Waals surface area contributed by atoms with Gasteiger partial charge in [-0.15, -0.1) is 10.2 Å². The predicted molar refractivity (Wildman–Crippen MR) is 158 cm³/mol. The number of hydrogen-bond acceptors (Lipinski definition) is 8. The van der Waals surface area contributed by atoms with Crippen LogP contribution in [0.2, 0.25) is 0 Å². The van der Waals surface area contributed by atoms with Crippen molar-refractivity contribution >= 4 is 11.7 Å². The summed E-state index contributed by atoms with van der Waals surface area (Å²) in [6.45, 7) is 4.22. The lowest BCUT2D eigenvalue weighted by molar-refractivity contribution is -0.130. The molecular weight excluding hydrogens is 516 g/mol. The first-order valence-electron chi connectivity index (χ1n) is 13.8. The fourth-order valence-corrected chi connectivity index (χ4v) is 5.22. The highest BCUT2D eigenvalue weighted by Crippen LogP contribution is 2.35. The number of carbonyl (C=O) groups is 1. The molecule has 1 unspecified atom stereocenters. The molecule has 0 spiro atoms. The van der Waals surface area contributed by atoms with Crippen molar-refractivity contribution in [2.75, 3.05) is 14.2 Å². The highest BCUT2D eigenvalue weighted by molar-refractivity contribution is 6.14. The summed E-state index contributed by atoms with van der Waals surface area (Å²) in [6, 6.07) is 24.0. The number of aliphatic imine (C=N–C) groups is 1. The molecule has 0 bridgehead atoms. The number of methoxy groups -OCH3 is 1. The summed E-state index contributed by atoms with van der Waals surface area (Å²) in [5, 5.41) is 16.9. The zero-order chi connectivity index (χ0) is 28.8. The van der Waals surface area contributed by atoms with Crippen LogP contribution < -0.4 is 0 Å². The molecule has 0 aliphatic carbocycles. The lowest BCUT2D eigenvalue weighted by Gasteiger charge is -2.36. The predicted octanol–water partition coefficient (Wildman–Crippen LogP) is 6.02. The zero-order valence-corrected chi connectivity index (χ0v) is 23.8. The minimum atomic E-state index is -0.355. The molecule has 0 fully saturated rings. The molecule has 3 aromatic carbocycles. The van der Waals surface area contributed by atoms with E-state index in [-0.39, 0.29) is 12.1 Å². The third-order valence-electron chi connectivity index (χ3n) is 7.24. The number of carbonyl (C=O) groups excluding carboxylic acids is 1. The van der Waals surface area contributed by atoms with Gasteiger partial charge >= 0.3 is 5.97 Å². The van der Waals surface area contributed by atoms with Gasteiger partial charge in [0.15, 0.2) is 0 Å². The standard InChI is InChI=1S/C32H34N6O3/c1-5-6-12-29-28(19-22-13-15-24(16-14-22)32(39)40-3)30(33-21(2)38(29)41-4)25-17-18-26(23-10-8-7-9-11-23)27(20-25)31-34-36-37-35-31/h7-11,13-18,20-21H,5-6,12,19H2,1-4H3,(H,34,35,36,37). The molecule has 0 saturated heterocycles. The Morgan fingerprint density at radius 3 is 2.41 bits per heavy atom. The summed E-state index contributed by atoms with van der Waals surface area (Å²) in [5.41, 5.74) is 8.56. The van der Waals surface area contributed by atoms with Crippen LogP contribution in [0.4, 0.5) is 0 Å². The molecular formula is C32H34N6O3. The first-order chi connectivity index (χ1) is 20.0. The van der Waals surface area contributed by atoms with Crippen molar-refractivity contribution in [3.63, 3.8) is 0 Å². The van der Waals surface area contributed by atoms with Crippen LogP contribution >= 0.6 is 0 Å². The van der Waals surface area contributed by atoms with E-state index in [9.17, 15) is 4.79 Å². The smallest absolute Gasteiger partial charge is 0.337 e. The van der Waals surface area contributed by atoms with Crippen molar-refractivity contribution in [3.05, 3.63) is 101 Å². The number of rotatable bonds is 10. The maximum atomic E-state index is 12.0. The maximum Gasteiger partial charge on any atom is 0.337 e. The summed E-state index contributed by atoms with van der Waals surface area (Å²) in [5.74, 6) is 0.162. The van der Waals surface area contributed by atoms with Crippen LogP contribution in [0.5, 0.6) is 0 Å². The molecule has 0 radical (unpaired) electrons. The lowest BCUT2D eigenvalue weighted by atomic mass is 9.88. The molecule has 1 N–H and O–H groups in total. The van der Waals surface area contributed by atoms with Gasteiger partial charge in [0.1, 0.15) is 6.17 Å². The molecule has 1 atom stereocenters. The summed E-state index contributed by atoms with van der Waals surface area (Å²) < 4.78 is 4.88. The number of ether oxygens (including phenoxy) is 1. The minimum absolute atomic E-state index is 0.213. The van der Waals surface area contributed by atoms with Gasteiger partial charge in [0.25, 0.3) is 0 Å². The molecule has 9 nitrogen and oxygen atoms in total. The van der Waals surface area contributed by atoms with Crippen molar-refractivity contribution in [1.29, 1.82) is 0 Å². The van der Waals surface area contributed by atoms with E-state index in [0.29, 0.717) is 17.8 Å². The molecule has 0 saturated carbocycles. The average molecular weight is 551 g/mol. The normalized spacial score (nSPS) is 15.2. The fraction of sp³-hybridized carbons (Fsp3) is 0.281. The van der Waals surface area contributed by atoms with Gasteiger partial charge in [-0.25, -0.2) is 9.86 Å². The molecule has 210 valence electrons. The van der Waals surface area contributed by atoms with E-state index in [0.717, 1.165) is 64.1 Å². The van der Waals surface area contributed by atoms with Gasteiger partial charge < -0.3 is 4.74 Å². The van der Waals surface area contributed by atoms with E-state index in [1.165, 1.54) is 7.11 Å². The average Bonchev–Trinajstić information content (AvgIpc) is 3.56. The molecule has 1 aliphatic rings. The second kappa shape index (κ2) is 12.7. The van der Waals surface area contributed by atoms with Gasteiger partial charge in [-0.05, 0) is 59.9 Å². The van der Waals surface area contributed by atoms with Crippen molar-refractivity contribution in [3.8, 4) is 22.5 Å². The van der Waals surface area contributed by atoms with Crippen molar-refractivity contribution in [2.24, 2.45) is 4.99 Å². The Hall–Kier alpha value is -4.63. The van der Waals surface area contributed by atoms with Crippen LogP contribution in [-0.4, -0.2) is 57.8 Å². The van der Waals surface area contributed by atoms with Gasteiger partial charge in [-0.3, -0.25) is 9.83 Å². The Labute approximate surface area is 239 Å². The van der Waals surface area contributed by atoms with Crippen LogP contribution in [0.15, 0.2) is 89.1 Å². The topological polar surface area (TPSA) is 106 Å². The second-order valence-electron chi connectivity index (χ2n) is 9.87. The van der Waals surface area contributed by atoms with Crippen molar-refractivity contribution < 1.29 is 14.4 Å². The Balaban J connectivity index is 1.63. The first kappa shape index (κ1) is 27.9. The SMILES string of the molecule is CCCCC1=C(Cc2ccc(C(=O)OC)cc2)C(c2ccc(-c3ccccc3)c(-c3nn[nH]n3)c2)=NC(C)N1OC. The lowest BCUT2D eigenvalue weighted by Crippen LogP contribution is -2.37. The van der Waals surface area contributed by atoms with Gasteiger partial charge in [-0.1, -0.05) is 67.9 Å². The van der Waals surface area contributed by atoms with E-state index >= 15 is 0 Å². The summed E-state index contributed by atoms with van der Waals surface area (Å²) in [6.07, 6.45) is 3.32. The third kappa shape index (κ3) is 5.95. The van der Waals surface area contributed by atoms with Crippen LogP contribution in [0.3, 0.4) is 0 Å². The maximum absolute atomic E-state index is 12.0. The van der Waals surface area contributed by atoms with E-state index < -0.39 is 0 Å². The highest BCUT2D eigenvalue weighted by atomic mass is 16.7. The molecule has 2 heterocycles. The van der Waals surface area contributed by atoms with E-state index in [1.807, 2.05) is 42.3 Å². The van der Waals surface area contributed by atoms with Crippen LogP contribution in [0, 0.1) is 0 Å². The van der Waals surface area contributed by atoms with Gasteiger partial charge in [0, 0.05) is 28.8 Å². The number of hydroxylamine groups is 2. The quantitative estimate of drug-likeness (QED) is 0.241. The number of aromatic amines is 1. The number of allylic oxidation sites excluding steroid dienone is 2.